The second-order valence-corrected chi connectivity index (χ2v) is 8.02. The molecule has 0 spiro atoms. The molecule has 1 saturated heterocycles. The lowest BCUT2D eigenvalue weighted by Gasteiger charge is -2.36. The molecule has 2 aromatic carbocycles. The lowest BCUT2D eigenvalue weighted by atomic mass is 10.1. The van der Waals surface area contributed by atoms with Crippen molar-refractivity contribution in [3.8, 4) is 5.75 Å². The molecule has 29 heavy (non-hydrogen) atoms. The number of anilines is 1. The number of halogens is 2. The number of hydrogen-bond donors (Lipinski definition) is 0. The smallest absolute Gasteiger partial charge is 0.294 e. The summed E-state index contributed by atoms with van der Waals surface area (Å²) in [4.78, 5) is 27.2. The molecule has 3 rings (SSSR count). The van der Waals surface area contributed by atoms with Crippen LogP contribution >= 0.6 is 27.5 Å². The number of ether oxygens (including phenoxy) is 1. The number of methoxy groups -OCH3 is 1. The first-order valence-electron chi connectivity index (χ1n) is 9.18. The van der Waals surface area contributed by atoms with Crippen molar-refractivity contribution in [2.75, 3.05) is 38.2 Å². The summed E-state index contributed by atoms with van der Waals surface area (Å²) in [7, 11) is 1.61. The summed E-state index contributed by atoms with van der Waals surface area (Å²) in [5.41, 5.74) is 1.58. The molecule has 1 fully saturated rings. The summed E-state index contributed by atoms with van der Waals surface area (Å²) in [5.74, 6) is 0.842. The van der Waals surface area contributed by atoms with E-state index in [0.29, 0.717) is 49.7 Å². The number of carbonyl (C=O) groups excluding carboxylic acids is 1. The van der Waals surface area contributed by atoms with Crippen LogP contribution in [0.1, 0.15) is 12.0 Å². The van der Waals surface area contributed by atoms with Crippen molar-refractivity contribution in [3.05, 3.63) is 61.6 Å². The minimum absolute atomic E-state index is 0.0117. The molecule has 0 unspecified atom stereocenters. The predicted octanol–water partition coefficient (Wildman–Crippen LogP) is 4.30. The minimum Gasteiger partial charge on any atom is -0.496 e. The van der Waals surface area contributed by atoms with Gasteiger partial charge in [-0.05, 0) is 52.2 Å². The molecule has 7 nitrogen and oxygen atoms in total. The van der Waals surface area contributed by atoms with Gasteiger partial charge in [0.2, 0.25) is 5.91 Å². The maximum atomic E-state index is 12.6. The molecule has 1 amide bonds. The van der Waals surface area contributed by atoms with E-state index in [0.717, 1.165) is 15.8 Å². The van der Waals surface area contributed by atoms with Gasteiger partial charge in [-0.2, -0.15) is 0 Å². The fourth-order valence-electron chi connectivity index (χ4n) is 3.38. The zero-order valence-electron chi connectivity index (χ0n) is 15.9. The Morgan fingerprint density at radius 2 is 1.93 bits per heavy atom. The van der Waals surface area contributed by atoms with Gasteiger partial charge in [0.25, 0.3) is 5.69 Å². The first-order valence-corrected chi connectivity index (χ1v) is 10.3. The number of amides is 1. The number of rotatable bonds is 6. The van der Waals surface area contributed by atoms with Gasteiger partial charge in [-0.25, -0.2) is 0 Å². The SMILES string of the molecule is COc1ccc(CCC(=O)N2CCN(c3ccc(Cl)cc3[N+](=O)[O-])CC2)cc1Br. The van der Waals surface area contributed by atoms with Crippen LogP contribution in [0, 0.1) is 10.1 Å². The molecule has 0 saturated carbocycles. The zero-order valence-corrected chi connectivity index (χ0v) is 18.3. The van der Waals surface area contributed by atoms with Crippen molar-refractivity contribution < 1.29 is 14.5 Å². The number of carbonyl (C=O) groups is 1. The van der Waals surface area contributed by atoms with Crippen LogP contribution in [-0.2, 0) is 11.2 Å². The molecule has 0 aromatic heterocycles. The van der Waals surface area contributed by atoms with E-state index in [1.807, 2.05) is 28.0 Å². The van der Waals surface area contributed by atoms with Crippen molar-refractivity contribution in [3.63, 3.8) is 0 Å². The summed E-state index contributed by atoms with van der Waals surface area (Å²) >= 11 is 9.35. The van der Waals surface area contributed by atoms with Gasteiger partial charge in [-0.3, -0.25) is 14.9 Å². The molecule has 2 aromatic rings. The van der Waals surface area contributed by atoms with E-state index in [1.165, 1.54) is 6.07 Å². The Morgan fingerprint density at radius 3 is 2.55 bits per heavy atom. The second kappa shape index (κ2) is 9.45. The molecule has 0 atom stereocenters. The second-order valence-electron chi connectivity index (χ2n) is 6.73. The Bertz CT molecular complexity index is 917. The van der Waals surface area contributed by atoms with Crippen molar-refractivity contribution >= 4 is 44.8 Å². The van der Waals surface area contributed by atoms with Crippen LogP contribution in [0.15, 0.2) is 40.9 Å². The van der Waals surface area contributed by atoms with Crippen LogP contribution in [-0.4, -0.2) is 49.0 Å². The highest BCUT2D eigenvalue weighted by molar-refractivity contribution is 9.10. The van der Waals surface area contributed by atoms with Gasteiger partial charge in [0.05, 0.1) is 16.5 Å². The van der Waals surface area contributed by atoms with Gasteiger partial charge in [-0.15, -0.1) is 0 Å². The first-order chi connectivity index (χ1) is 13.9. The summed E-state index contributed by atoms with van der Waals surface area (Å²) < 4.78 is 6.08. The molecular formula is C20H21BrClN3O4. The third-order valence-corrected chi connectivity index (χ3v) is 5.81. The van der Waals surface area contributed by atoms with E-state index in [1.54, 1.807) is 19.2 Å². The number of hydrogen-bond acceptors (Lipinski definition) is 5. The highest BCUT2D eigenvalue weighted by atomic mass is 79.9. The van der Waals surface area contributed by atoms with E-state index < -0.39 is 4.92 Å². The van der Waals surface area contributed by atoms with E-state index in [4.69, 9.17) is 16.3 Å². The van der Waals surface area contributed by atoms with Gasteiger partial charge in [0, 0.05) is 43.7 Å². The summed E-state index contributed by atoms with van der Waals surface area (Å²) in [5, 5.41) is 11.7. The topological polar surface area (TPSA) is 75.9 Å². The average Bonchev–Trinajstić information content (AvgIpc) is 2.72. The Balaban J connectivity index is 1.56. The molecule has 0 radical (unpaired) electrons. The lowest BCUT2D eigenvalue weighted by Crippen LogP contribution is -2.49. The number of aryl methyl sites for hydroxylation is 1. The van der Waals surface area contributed by atoms with Crippen LogP contribution in [0.4, 0.5) is 11.4 Å². The van der Waals surface area contributed by atoms with E-state index in [9.17, 15) is 14.9 Å². The standard InChI is InChI=1S/C20H21BrClN3O4/c1-29-19-6-2-14(12-16(19)21)3-7-20(26)24-10-8-23(9-11-24)17-5-4-15(22)13-18(17)25(27)28/h2,4-6,12-13H,3,7-11H2,1H3. The molecule has 0 aliphatic carbocycles. The van der Waals surface area contributed by atoms with E-state index >= 15 is 0 Å². The quantitative estimate of drug-likeness (QED) is 0.453. The van der Waals surface area contributed by atoms with Crippen molar-refractivity contribution in [1.82, 2.24) is 4.90 Å². The Labute approximate surface area is 182 Å². The molecule has 0 N–H and O–H groups in total. The van der Waals surface area contributed by atoms with Crippen molar-refractivity contribution in [2.45, 2.75) is 12.8 Å². The molecule has 9 heteroatoms. The fraction of sp³-hybridized carbons (Fsp3) is 0.350. The molecular weight excluding hydrogens is 462 g/mol. The molecule has 1 aliphatic heterocycles. The third kappa shape index (κ3) is 5.19. The molecule has 0 bridgehead atoms. The van der Waals surface area contributed by atoms with Gasteiger partial charge in [-0.1, -0.05) is 17.7 Å². The van der Waals surface area contributed by atoms with Crippen LogP contribution < -0.4 is 9.64 Å². The monoisotopic (exact) mass is 481 g/mol. The Kier molecular flexibility index (Phi) is 6.97. The maximum absolute atomic E-state index is 12.6. The normalized spacial score (nSPS) is 14.0. The fourth-order valence-corrected chi connectivity index (χ4v) is 4.14. The number of nitrogens with zero attached hydrogens (tertiary/aromatic N) is 3. The Morgan fingerprint density at radius 1 is 1.21 bits per heavy atom. The van der Waals surface area contributed by atoms with Crippen molar-refractivity contribution in [1.29, 1.82) is 0 Å². The van der Waals surface area contributed by atoms with Crippen molar-refractivity contribution in [2.24, 2.45) is 0 Å². The first kappa shape index (κ1) is 21.4. The number of benzene rings is 2. The molecule has 154 valence electrons. The highest BCUT2D eigenvalue weighted by Gasteiger charge is 2.25. The summed E-state index contributed by atoms with van der Waals surface area (Å²) in [6.07, 6.45) is 1.06. The summed E-state index contributed by atoms with van der Waals surface area (Å²) in [6, 6.07) is 10.5. The van der Waals surface area contributed by atoms with E-state index in [-0.39, 0.29) is 11.6 Å². The number of piperazine rings is 1. The molecule has 1 aliphatic rings. The highest BCUT2D eigenvalue weighted by Crippen LogP contribution is 2.32. The van der Waals surface area contributed by atoms with Crippen LogP contribution in [0.3, 0.4) is 0 Å². The van der Waals surface area contributed by atoms with Crippen LogP contribution in [0.25, 0.3) is 0 Å². The van der Waals surface area contributed by atoms with Gasteiger partial charge in [0.15, 0.2) is 0 Å². The minimum atomic E-state index is -0.425. The van der Waals surface area contributed by atoms with Crippen LogP contribution in [0.2, 0.25) is 5.02 Å². The Hall–Kier alpha value is -2.32. The van der Waals surface area contributed by atoms with E-state index in [2.05, 4.69) is 15.9 Å². The predicted molar refractivity (Wildman–Crippen MR) is 116 cm³/mol. The average molecular weight is 483 g/mol. The largest absolute Gasteiger partial charge is 0.496 e. The van der Waals surface area contributed by atoms with Gasteiger partial charge in [0.1, 0.15) is 11.4 Å². The maximum Gasteiger partial charge on any atom is 0.294 e. The summed E-state index contributed by atoms with van der Waals surface area (Å²) in [6.45, 7) is 2.15. The van der Waals surface area contributed by atoms with Gasteiger partial charge >= 0.3 is 0 Å². The number of nitro benzene ring substituents is 1. The van der Waals surface area contributed by atoms with Gasteiger partial charge < -0.3 is 14.5 Å². The zero-order chi connectivity index (χ0) is 21.0. The number of nitro groups is 1. The lowest BCUT2D eigenvalue weighted by molar-refractivity contribution is -0.384. The molecule has 1 heterocycles. The van der Waals surface area contributed by atoms with Crippen LogP contribution in [0.5, 0.6) is 5.75 Å². The third-order valence-electron chi connectivity index (χ3n) is 4.95.